The SMILES string of the molecule is c1ccc(-c2ccc(N(c3ccc(-c4ccccc4)cc3)c3cccc4c3Cc3ccccc3[Si]43c4ccccc4Oc4ccccc43)cc2)cc1. The molecular weight excluding hydrogens is 647 g/mol. The zero-order chi connectivity index (χ0) is 34.5. The molecule has 246 valence electrons. The van der Waals surface area contributed by atoms with Crippen molar-refractivity contribution in [3.63, 3.8) is 0 Å². The van der Waals surface area contributed by atoms with Gasteiger partial charge in [-0.3, -0.25) is 0 Å². The first-order valence-corrected chi connectivity index (χ1v) is 20.0. The first kappa shape index (κ1) is 30.4. The van der Waals surface area contributed by atoms with E-state index in [0.717, 1.165) is 29.3 Å². The third kappa shape index (κ3) is 4.78. The Balaban J connectivity index is 1.22. The summed E-state index contributed by atoms with van der Waals surface area (Å²) < 4.78 is 6.67. The maximum absolute atomic E-state index is 6.67. The van der Waals surface area contributed by atoms with Crippen molar-refractivity contribution in [1.29, 1.82) is 0 Å². The molecule has 0 aliphatic carbocycles. The van der Waals surface area contributed by atoms with E-state index >= 15 is 0 Å². The van der Waals surface area contributed by atoms with Gasteiger partial charge in [-0.2, -0.15) is 0 Å². The molecule has 0 amide bonds. The Morgan fingerprint density at radius 1 is 0.365 bits per heavy atom. The topological polar surface area (TPSA) is 12.5 Å². The van der Waals surface area contributed by atoms with E-state index in [1.807, 2.05) is 0 Å². The van der Waals surface area contributed by atoms with E-state index in [4.69, 9.17) is 4.74 Å². The fourth-order valence-corrected chi connectivity index (χ4v) is 14.0. The molecule has 2 heterocycles. The Morgan fingerprint density at radius 3 is 1.37 bits per heavy atom. The molecule has 0 aromatic heterocycles. The molecule has 0 fully saturated rings. The lowest BCUT2D eigenvalue weighted by molar-refractivity contribution is 0.487. The molecule has 52 heavy (non-hydrogen) atoms. The number of rotatable bonds is 5. The third-order valence-corrected chi connectivity index (χ3v) is 15.9. The predicted octanol–water partition coefficient (Wildman–Crippen LogP) is 9.88. The summed E-state index contributed by atoms with van der Waals surface area (Å²) in [7, 11) is -2.79. The van der Waals surface area contributed by atoms with Crippen LogP contribution in [0.3, 0.4) is 0 Å². The van der Waals surface area contributed by atoms with E-state index in [9.17, 15) is 0 Å². The average Bonchev–Trinajstić information content (AvgIpc) is 3.22. The largest absolute Gasteiger partial charge is 0.458 e. The number of fused-ring (bicyclic) bond motifs is 8. The highest BCUT2D eigenvalue weighted by atomic mass is 28.3. The molecule has 8 aromatic rings. The van der Waals surface area contributed by atoms with Crippen molar-refractivity contribution >= 4 is 45.9 Å². The van der Waals surface area contributed by atoms with Gasteiger partial charge in [-0.15, -0.1) is 0 Å². The normalized spacial score (nSPS) is 13.2. The molecule has 10 rings (SSSR count). The van der Waals surface area contributed by atoms with Gasteiger partial charge >= 0.3 is 0 Å². The lowest BCUT2D eigenvalue weighted by Crippen LogP contribution is -2.78. The van der Waals surface area contributed by atoms with Crippen LogP contribution in [-0.2, 0) is 6.42 Å². The molecule has 1 spiro atoms. The highest BCUT2D eigenvalue weighted by Gasteiger charge is 2.52. The van der Waals surface area contributed by atoms with Crippen LogP contribution in [0.25, 0.3) is 22.3 Å². The van der Waals surface area contributed by atoms with Gasteiger partial charge in [0.1, 0.15) is 11.5 Å². The van der Waals surface area contributed by atoms with Crippen LogP contribution in [0.5, 0.6) is 11.5 Å². The quantitative estimate of drug-likeness (QED) is 0.168. The summed E-state index contributed by atoms with van der Waals surface area (Å²) in [6, 6.07) is 73.0. The van der Waals surface area contributed by atoms with Crippen LogP contribution in [0.2, 0.25) is 0 Å². The summed E-state index contributed by atoms with van der Waals surface area (Å²) >= 11 is 0. The van der Waals surface area contributed by atoms with Crippen LogP contribution >= 0.6 is 0 Å². The molecule has 0 unspecified atom stereocenters. The summed E-state index contributed by atoms with van der Waals surface area (Å²) in [5.74, 6) is 1.93. The fraction of sp³-hybridized carbons (Fsp3) is 0.0204. The van der Waals surface area contributed by atoms with Crippen LogP contribution in [0.1, 0.15) is 11.1 Å². The number of hydrogen-bond donors (Lipinski definition) is 0. The molecule has 2 nitrogen and oxygen atoms in total. The fourth-order valence-electron chi connectivity index (χ4n) is 8.57. The van der Waals surface area contributed by atoms with Crippen molar-refractivity contribution in [1.82, 2.24) is 0 Å². The zero-order valence-electron chi connectivity index (χ0n) is 28.6. The van der Waals surface area contributed by atoms with E-state index in [1.54, 1.807) is 0 Å². The molecule has 2 aliphatic rings. The van der Waals surface area contributed by atoms with Crippen molar-refractivity contribution in [3.05, 3.63) is 211 Å². The molecule has 0 saturated carbocycles. The highest BCUT2D eigenvalue weighted by Crippen LogP contribution is 2.41. The molecular formula is C49H35NOSi. The number of anilines is 3. The van der Waals surface area contributed by atoms with E-state index in [-0.39, 0.29) is 0 Å². The van der Waals surface area contributed by atoms with Crippen molar-refractivity contribution in [2.24, 2.45) is 0 Å². The Hall–Kier alpha value is -6.42. The Labute approximate surface area is 305 Å². The molecule has 2 aliphatic heterocycles. The standard InChI is InChI=1S/C49H35NOSi/c1-3-14-35(15-4-1)37-26-30-40(31-27-37)50(41-32-28-38(29-33-41)36-16-5-2-6-17-36)43-19-13-25-47-42(43)34-39-18-7-10-22-46(39)52(47)48-23-11-8-20-44(48)51-45-21-9-12-24-49(45)52/h1-33H,34H2. The van der Waals surface area contributed by atoms with Gasteiger partial charge in [0.15, 0.2) is 8.07 Å². The van der Waals surface area contributed by atoms with Gasteiger partial charge in [0, 0.05) is 17.1 Å². The van der Waals surface area contributed by atoms with E-state index in [2.05, 4.69) is 205 Å². The maximum atomic E-state index is 6.67. The first-order valence-electron chi connectivity index (χ1n) is 18.0. The summed E-state index contributed by atoms with van der Waals surface area (Å²) in [6.07, 6.45) is 0.850. The zero-order valence-corrected chi connectivity index (χ0v) is 29.6. The smallest absolute Gasteiger partial charge is 0.188 e. The number of benzene rings is 8. The number of para-hydroxylation sites is 2. The van der Waals surface area contributed by atoms with Crippen molar-refractivity contribution in [2.45, 2.75) is 6.42 Å². The highest BCUT2D eigenvalue weighted by molar-refractivity contribution is 7.21. The van der Waals surface area contributed by atoms with E-state index in [1.165, 1.54) is 59.8 Å². The molecule has 0 N–H and O–H groups in total. The first-order chi connectivity index (χ1) is 25.8. The molecule has 0 atom stereocenters. The van der Waals surface area contributed by atoms with Crippen LogP contribution in [0, 0.1) is 0 Å². The van der Waals surface area contributed by atoms with Gasteiger partial charge in [-0.25, -0.2) is 0 Å². The summed E-state index contributed by atoms with van der Waals surface area (Å²) in [4.78, 5) is 2.47. The van der Waals surface area contributed by atoms with Crippen molar-refractivity contribution in [2.75, 3.05) is 4.90 Å². The van der Waals surface area contributed by atoms with Gasteiger partial charge < -0.3 is 9.64 Å². The Bertz CT molecular complexity index is 2420. The molecule has 3 heteroatoms. The Kier molecular flexibility index (Phi) is 7.26. The second-order valence-corrected chi connectivity index (χ2v) is 17.3. The summed E-state index contributed by atoms with van der Waals surface area (Å²) in [5, 5.41) is 5.50. The number of nitrogens with zero attached hydrogens (tertiary/aromatic N) is 1. The van der Waals surface area contributed by atoms with Gasteiger partial charge in [0.05, 0.1) is 0 Å². The molecule has 0 saturated heterocycles. The Morgan fingerprint density at radius 2 is 0.808 bits per heavy atom. The minimum atomic E-state index is -2.79. The number of ether oxygens (including phenoxy) is 1. The van der Waals surface area contributed by atoms with E-state index in [0.29, 0.717) is 0 Å². The van der Waals surface area contributed by atoms with E-state index < -0.39 is 8.07 Å². The monoisotopic (exact) mass is 681 g/mol. The molecule has 0 radical (unpaired) electrons. The van der Waals surface area contributed by atoms with Crippen LogP contribution in [-0.4, -0.2) is 8.07 Å². The summed E-state index contributed by atoms with van der Waals surface area (Å²) in [6.45, 7) is 0. The molecule has 0 bridgehead atoms. The van der Waals surface area contributed by atoms with Crippen molar-refractivity contribution < 1.29 is 4.74 Å². The predicted molar refractivity (Wildman–Crippen MR) is 218 cm³/mol. The summed E-state index contributed by atoms with van der Waals surface area (Å²) in [5.41, 5.74) is 11.1. The van der Waals surface area contributed by atoms with Crippen LogP contribution < -0.4 is 30.4 Å². The van der Waals surface area contributed by atoms with Crippen molar-refractivity contribution in [3.8, 4) is 33.8 Å². The van der Waals surface area contributed by atoms with Gasteiger partial charge in [-0.05, 0) is 103 Å². The number of hydrogen-bond acceptors (Lipinski definition) is 2. The second kappa shape index (κ2) is 12.4. The van der Waals surface area contributed by atoms with Gasteiger partial charge in [-0.1, -0.05) is 158 Å². The maximum Gasteiger partial charge on any atom is 0.188 e. The third-order valence-electron chi connectivity index (χ3n) is 10.9. The minimum absolute atomic E-state index is 0.850. The lowest BCUT2D eigenvalue weighted by atomic mass is 9.99. The molecule has 8 aromatic carbocycles. The second-order valence-electron chi connectivity index (χ2n) is 13.6. The average molecular weight is 682 g/mol. The van der Waals surface area contributed by atoms with Gasteiger partial charge in [0.2, 0.25) is 0 Å². The van der Waals surface area contributed by atoms with Gasteiger partial charge in [0.25, 0.3) is 0 Å². The minimum Gasteiger partial charge on any atom is -0.458 e. The lowest BCUT2D eigenvalue weighted by Gasteiger charge is -2.44. The van der Waals surface area contributed by atoms with Crippen LogP contribution in [0.15, 0.2) is 200 Å². The van der Waals surface area contributed by atoms with Crippen LogP contribution in [0.4, 0.5) is 17.1 Å².